The van der Waals surface area contributed by atoms with Crippen LogP contribution >= 0.6 is 0 Å². The highest BCUT2D eigenvalue weighted by atomic mass is 16.1. The van der Waals surface area contributed by atoms with E-state index in [4.69, 9.17) is 11.0 Å². The van der Waals surface area contributed by atoms with Gasteiger partial charge >= 0.3 is 0 Å². The molecule has 2 aromatic rings. The summed E-state index contributed by atoms with van der Waals surface area (Å²) in [7, 11) is 0. The van der Waals surface area contributed by atoms with Crippen molar-refractivity contribution in [1.82, 2.24) is 15.4 Å². The Morgan fingerprint density at radius 2 is 2.08 bits per heavy atom. The number of aromatic amines is 1. The molecule has 0 saturated carbocycles. The Balaban J connectivity index is 1.89. The molecule has 2 heterocycles. The topological polar surface area (TPSA) is 110 Å². The van der Waals surface area contributed by atoms with Crippen LogP contribution in [0.25, 0.3) is 5.70 Å². The third-order valence-corrected chi connectivity index (χ3v) is 3.93. The molecule has 0 bridgehead atoms. The van der Waals surface area contributed by atoms with Crippen molar-refractivity contribution >= 4 is 11.4 Å². The van der Waals surface area contributed by atoms with Crippen LogP contribution in [0.5, 0.6) is 0 Å². The number of anilines is 1. The lowest BCUT2D eigenvalue weighted by Gasteiger charge is -2.29. The maximum absolute atomic E-state index is 12.3. The summed E-state index contributed by atoms with van der Waals surface area (Å²) in [6.45, 7) is 1.98. The van der Waals surface area contributed by atoms with Gasteiger partial charge in [-0.25, -0.2) is 5.43 Å². The van der Waals surface area contributed by atoms with Gasteiger partial charge in [-0.2, -0.15) is 5.26 Å². The van der Waals surface area contributed by atoms with E-state index in [1.165, 1.54) is 0 Å². The van der Waals surface area contributed by atoms with Gasteiger partial charge in [0, 0.05) is 24.6 Å². The van der Waals surface area contributed by atoms with E-state index in [0.717, 1.165) is 24.2 Å². The van der Waals surface area contributed by atoms with Crippen LogP contribution in [0, 0.1) is 11.3 Å². The third-order valence-electron chi connectivity index (χ3n) is 3.93. The number of nitrogens with one attached hydrogen (secondary N) is 3. The lowest BCUT2D eigenvalue weighted by atomic mass is 10.0. The van der Waals surface area contributed by atoms with Crippen LogP contribution in [-0.4, -0.2) is 23.1 Å². The van der Waals surface area contributed by atoms with E-state index < -0.39 is 0 Å². The van der Waals surface area contributed by atoms with E-state index in [2.05, 4.69) is 21.8 Å². The molecule has 0 amide bonds. The van der Waals surface area contributed by atoms with Gasteiger partial charge < -0.3 is 21.0 Å². The minimum atomic E-state index is -0.133. The summed E-state index contributed by atoms with van der Waals surface area (Å²) in [4.78, 5) is 15.0. The zero-order valence-corrected chi connectivity index (χ0v) is 13.7. The third kappa shape index (κ3) is 3.88. The van der Waals surface area contributed by atoms with Gasteiger partial charge in [0.05, 0.1) is 29.4 Å². The second-order valence-electron chi connectivity index (χ2n) is 5.74. The first kappa shape index (κ1) is 16.8. The first-order valence-electron chi connectivity index (χ1n) is 8.11. The van der Waals surface area contributed by atoms with Crippen LogP contribution < -0.4 is 22.0 Å². The van der Waals surface area contributed by atoms with Gasteiger partial charge in [0.15, 0.2) is 0 Å². The summed E-state index contributed by atoms with van der Waals surface area (Å²) >= 11 is 0. The Bertz CT molecular complexity index is 862. The number of pyridine rings is 1. The fourth-order valence-electron chi connectivity index (χ4n) is 2.70. The van der Waals surface area contributed by atoms with E-state index in [1.807, 2.05) is 29.4 Å². The number of aromatic nitrogens is 1. The molecule has 1 aliphatic rings. The number of nitrogens with zero attached hydrogens (tertiary/aromatic N) is 2. The first-order chi connectivity index (χ1) is 12.2. The Labute approximate surface area is 145 Å². The van der Waals surface area contributed by atoms with Crippen molar-refractivity contribution in [2.24, 2.45) is 5.73 Å². The summed E-state index contributed by atoms with van der Waals surface area (Å²) < 4.78 is 0. The second-order valence-corrected chi connectivity index (χ2v) is 5.74. The predicted octanol–water partition coefficient (Wildman–Crippen LogP) is 1.33. The number of rotatable bonds is 6. The maximum atomic E-state index is 12.3. The van der Waals surface area contributed by atoms with E-state index in [-0.39, 0.29) is 5.56 Å². The Hall–Kier alpha value is -3.08. The van der Waals surface area contributed by atoms with Gasteiger partial charge in [-0.05, 0) is 48.9 Å². The monoisotopic (exact) mass is 336 g/mol. The summed E-state index contributed by atoms with van der Waals surface area (Å²) in [6, 6.07) is 11.1. The highest BCUT2D eigenvalue weighted by Gasteiger charge is 2.20. The number of benzene rings is 1. The van der Waals surface area contributed by atoms with Crippen molar-refractivity contribution in [3.8, 4) is 6.07 Å². The molecule has 1 aromatic heterocycles. The second kappa shape index (κ2) is 7.66. The zero-order valence-electron chi connectivity index (χ0n) is 13.7. The molecule has 5 N–H and O–H groups in total. The smallest absolute Gasteiger partial charge is 0.257 e. The van der Waals surface area contributed by atoms with Crippen LogP contribution in [0.4, 0.5) is 5.69 Å². The zero-order chi connectivity index (χ0) is 17.6. The van der Waals surface area contributed by atoms with Crippen molar-refractivity contribution in [2.75, 3.05) is 18.4 Å². The predicted molar refractivity (Wildman–Crippen MR) is 97.0 cm³/mol. The van der Waals surface area contributed by atoms with Gasteiger partial charge in [-0.15, -0.1) is 0 Å². The molecule has 0 radical (unpaired) electrons. The molecule has 0 atom stereocenters. The van der Waals surface area contributed by atoms with E-state index in [9.17, 15) is 4.79 Å². The molecule has 1 aliphatic heterocycles. The number of hydrazine groups is 1. The van der Waals surface area contributed by atoms with E-state index in [1.54, 1.807) is 18.3 Å². The normalized spacial score (nSPS) is 13.0. The molecular formula is C18H20N6O. The largest absolute Gasteiger partial charge is 0.354 e. The van der Waals surface area contributed by atoms with Crippen molar-refractivity contribution < 1.29 is 0 Å². The molecule has 7 heteroatoms. The van der Waals surface area contributed by atoms with Gasteiger partial charge in [0.2, 0.25) is 0 Å². The van der Waals surface area contributed by atoms with Gasteiger partial charge in [-0.3, -0.25) is 4.79 Å². The average molecular weight is 336 g/mol. The SMILES string of the molecule is N#Cc1ccc(NC2=CN(NCCCN)Cc3cc[nH]c(=O)c32)cc1. The number of nitrogens with two attached hydrogens (primary N) is 1. The van der Waals surface area contributed by atoms with Crippen molar-refractivity contribution in [1.29, 1.82) is 5.26 Å². The summed E-state index contributed by atoms with van der Waals surface area (Å²) in [5.74, 6) is 0. The fourth-order valence-corrected chi connectivity index (χ4v) is 2.70. The summed E-state index contributed by atoms with van der Waals surface area (Å²) in [5, 5.41) is 14.1. The minimum Gasteiger partial charge on any atom is -0.354 e. The number of hydrogen-bond donors (Lipinski definition) is 4. The van der Waals surface area contributed by atoms with Gasteiger partial charge in [0.25, 0.3) is 5.56 Å². The quantitative estimate of drug-likeness (QED) is 0.592. The lowest BCUT2D eigenvalue weighted by molar-refractivity contribution is 0.258. The Morgan fingerprint density at radius 1 is 1.28 bits per heavy atom. The highest BCUT2D eigenvalue weighted by molar-refractivity contribution is 5.78. The molecular weight excluding hydrogens is 316 g/mol. The fraction of sp³-hybridized carbons (Fsp3) is 0.222. The molecule has 0 aliphatic carbocycles. The number of H-pyrrole nitrogens is 1. The Morgan fingerprint density at radius 3 is 2.80 bits per heavy atom. The van der Waals surface area contributed by atoms with E-state index in [0.29, 0.717) is 29.9 Å². The molecule has 7 nitrogen and oxygen atoms in total. The van der Waals surface area contributed by atoms with Crippen molar-refractivity contribution in [2.45, 2.75) is 13.0 Å². The van der Waals surface area contributed by atoms with Crippen LogP contribution in [0.15, 0.2) is 47.5 Å². The summed E-state index contributed by atoms with van der Waals surface area (Å²) in [5.41, 5.74) is 12.4. The number of nitriles is 1. The first-order valence-corrected chi connectivity index (χ1v) is 8.11. The van der Waals surface area contributed by atoms with Crippen molar-refractivity contribution in [3.05, 3.63) is 69.8 Å². The lowest BCUT2D eigenvalue weighted by Crippen LogP contribution is -2.38. The van der Waals surface area contributed by atoms with Crippen LogP contribution in [0.2, 0.25) is 0 Å². The standard InChI is InChI=1S/C18H20N6O/c19-7-1-8-22-24-11-14-6-9-21-18(25)17(14)16(12-24)23-15-4-2-13(10-20)3-5-15/h2-6,9,12,22-23H,1,7-8,11,19H2,(H,21,25). The summed E-state index contributed by atoms with van der Waals surface area (Å²) in [6.07, 6.45) is 4.40. The molecule has 1 aromatic carbocycles. The molecule has 128 valence electrons. The average Bonchev–Trinajstić information content (AvgIpc) is 2.62. The van der Waals surface area contributed by atoms with Crippen LogP contribution in [-0.2, 0) is 6.54 Å². The van der Waals surface area contributed by atoms with E-state index >= 15 is 0 Å². The number of hydrogen-bond acceptors (Lipinski definition) is 6. The number of fused-ring (bicyclic) bond motifs is 1. The molecule has 0 saturated heterocycles. The van der Waals surface area contributed by atoms with Gasteiger partial charge in [-0.1, -0.05) is 0 Å². The van der Waals surface area contributed by atoms with Crippen molar-refractivity contribution in [3.63, 3.8) is 0 Å². The van der Waals surface area contributed by atoms with Crippen LogP contribution in [0.1, 0.15) is 23.1 Å². The minimum absolute atomic E-state index is 0.133. The maximum Gasteiger partial charge on any atom is 0.257 e. The molecule has 0 unspecified atom stereocenters. The Kier molecular flexibility index (Phi) is 5.14. The molecule has 25 heavy (non-hydrogen) atoms. The highest BCUT2D eigenvalue weighted by Crippen LogP contribution is 2.24. The molecule has 3 rings (SSSR count). The van der Waals surface area contributed by atoms with Gasteiger partial charge in [0.1, 0.15) is 0 Å². The molecule has 0 fully saturated rings. The molecule has 0 spiro atoms. The van der Waals surface area contributed by atoms with Crippen LogP contribution in [0.3, 0.4) is 0 Å².